The molecule has 1 heterocycles. The van der Waals surface area contributed by atoms with Gasteiger partial charge in [0.2, 0.25) is 11.8 Å². The van der Waals surface area contributed by atoms with Crippen LogP contribution in [0.3, 0.4) is 0 Å². The molecule has 0 aromatic heterocycles. The second-order valence-electron chi connectivity index (χ2n) is 6.14. The number of hydrogen-bond donors (Lipinski definition) is 1. The predicted molar refractivity (Wildman–Crippen MR) is 90.4 cm³/mol. The Bertz CT molecular complexity index is 556. The van der Waals surface area contributed by atoms with Gasteiger partial charge < -0.3 is 10.1 Å². The molecule has 0 bridgehead atoms. The van der Waals surface area contributed by atoms with E-state index in [1.54, 1.807) is 4.90 Å². The van der Waals surface area contributed by atoms with Gasteiger partial charge in [0.25, 0.3) is 0 Å². The fourth-order valence-electron chi connectivity index (χ4n) is 2.90. The van der Waals surface area contributed by atoms with Crippen LogP contribution in [-0.2, 0) is 14.3 Å². The van der Waals surface area contributed by atoms with Gasteiger partial charge in [0.1, 0.15) is 5.54 Å². The summed E-state index contributed by atoms with van der Waals surface area (Å²) in [6.07, 6.45) is 1.71. The topological polar surface area (TPSA) is 58.6 Å². The molecule has 5 nitrogen and oxygen atoms in total. The number of carbonyl (C=O) groups excluding carboxylic acids is 2. The lowest BCUT2D eigenvalue weighted by molar-refractivity contribution is -0.127. The molecule has 0 spiro atoms. The maximum atomic E-state index is 12.7. The Morgan fingerprint density at radius 1 is 1.35 bits per heavy atom. The summed E-state index contributed by atoms with van der Waals surface area (Å²) < 4.78 is 5.27. The van der Waals surface area contributed by atoms with Gasteiger partial charge in [-0.1, -0.05) is 17.7 Å². The first-order valence-electron chi connectivity index (χ1n) is 8.25. The highest BCUT2D eigenvalue weighted by atomic mass is 16.5. The number of carbonyl (C=O) groups is 2. The van der Waals surface area contributed by atoms with E-state index in [1.807, 2.05) is 45.0 Å². The summed E-state index contributed by atoms with van der Waals surface area (Å²) in [6.45, 7) is 7.67. The molecule has 2 rings (SSSR count). The average Bonchev–Trinajstić information content (AvgIpc) is 2.84. The molecule has 1 unspecified atom stereocenters. The number of anilines is 1. The summed E-state index contributed by atoms with van der Waals surface area (Å²) in [7, 11) is 0. The van der Waals surface area contributed by atoms with E-state index < -0.39 is 5.54 Å². The molecule has 0 saturated carbocycles. The van der Waals surface area contributed by atoms with Crippen LogP contribution in [0.2, 0.25) is 0 Å². The number of nitrogens with one attached hydrogen (secondary N) is 1. The van der Waals surface area contributed by atoms with E-state index in [1.165, 1.54) is 0 Å². The average molecular weight is 318 g/mol. The van der Waals surface area contributed by atoms with Crippen LogP contribution < -0.4 is 10.2 Å². The van der Waals surface area contributed by atoms with Crippen LogP contribution in [-0.4, -0.2) is 37.1 Å². The van der Waals surface area contributed by atoms with Gasteiger partial charge in [-0.05, 0) is 45.7 Å². The van der Waals surface area contributed by atoms with E-state index in [-0.39, 0.29) is 11.8 Å². The quantitative estimate of drug-likeness (QED) is 0.786. The second kappa shape index (κ2) is 7.59. The summed E-state index contributed by atoms with van der Waals surface area (Å²) in [5.74, 6) is -0.0961. The van der Waals surface area contributed by atoms with Gasteiger partial charge in [-0.25, -0.2) is 0 Å². The SMILES string of the molecule is CCOCCCNC(=O)C1(C)CCC(=O)N1c1ccc(C)cc1. The van der Waals surface area contributed by atoms with Crippen LogP contribution >= 0.6 is 0 Å². The number of ether oxygens (including phenoxy) is 1. The van der Waals surface area contributed by atoms with Crippen molar-refractivity contribution in [2.75, 3.05) is 24.7 Å². The normalized spacial score (nSPS) is 20.8. The molecule has 1 aliphatic rings. The minimum atomic E-state index is -0.821. The third-order valence-corrected chi connectivity index (χ3v) is 4.31. The predicted octanol–water partition coefficient (Wildman–Crippen LogP) is 2.42. The molecule has 1 atom stereocenters. The first-order chi connectivity index (χ1) is 11.0. The molecule has 1 aromatic carbocycles. The fourth-order valence-corrected chi connectivity index (χ4v) is 2.90. The molecule has 5 heteroatoms. The first-order valence-corrected chi connectivity index (χ1v) is 8.25. The minimum Gasteiger partial charge on any atom is -0.382 e. The molecular weight excluding hydrogens is 292 g/mol. The fraction of sp³-hybridized carbons (Fsp3) is 0.556. The number of amides is 2. The molecule has 1 aromatic rings. The zero-order valence-electron chi connectivity index (χ0n) is 14.2. The molecule has 1 N–H and O–H groups in total. The molecule has 0 radical (unpaired) electrons. The van der Waals surface area contributed by atoms with Crippen molar-refractivity contribution < 1.29 is 14.3 Å². The molecule has 23 heavy (non-hydrogen) atoms. The lowest BCUT2D eigenvalue weighted by atomic mass is 9.97. The third-order valence-electron chi connectivity index (χ3n) is 4.31. The Morgan fingerprint density at radius 2 is 2.04 bits per heavy atom. The van der Waals surface area contributed by atoms with Crippen molar-refractivity contribution in [3.8, 4) is 0 Å². The van der Waals surface area contributed by atoms with Crippen molar-refractivity contribution in [3.05, 3.63) is 29.8 Å². The Kier molecular flexibility index (Phi) is 5.77. The van der Waals surface area contributed by atoms with E-state index >= 15 is 0 Å². The Morgan fingerprint density at radius 3 is 2.70 bits per heavy atom. The van der Waals surface area contributed by atoms with Crippen LogP contribution in [0, 0.1) is 6.92 Å². The van der Waals surface area contributed by atoms with E-state index in [0.717, 1.165) is 17.7 Å². The summed E-state index contributed by atoms with van der Waals surface area (Å²) in [5.41, 5.74) is 1.09. The van der Waals surface area contributed by atoms with Gasteiger partial charge in [-0.2, -0.15) is 0 Å². The largest absolute Gasteiger partial charge is 0.382 e. The number of hydrogen-bond acceptors (Lipinski definition) is 3. The number of benzene rings is 1. The van der Waals surface area contributed by atoms with Crippen molar-refractivity contribution in [3.63, 3.8) is 0 Å². The Hall–Kier alpha value is -1.88. The van der Waals surface area contributed by atoms with Crippen molar-refractivity contribution in [2.24, 2.45) is 0 Å². The lowest BCUT2D eigenvalue weighted by Gasteiger charge is -2.34. The van der Waals surface area contributed by atoms with Crippen LogP contribution in [0.25, 0.3) is 0 Å². The summed E-state index contributed by atoms with van der Waals surface area (Å²) >= 11 is 0. The molecule has 2 amide bonds. The monoisotopic (exact) mass is 318 g/mol. The number of nitrogens with zero attached hydrogens (tertiary/aromatic N) is 1. The van der Waals surface area contributed by atoms with Gasteiger partial charge in [-0.15, -0.1) is 0 Å². The minimum absolute atomic E-state index is 0.000759. The second-order valence-corrected chi connectivity index (χ2v) is 6.14. The maximum absolute atomic E-state index is 12.7. The van der Waals surface area contributed by atoms with Crippen molar-refractivity contribution in [1.29, 1.82) is 0 Å². The standard InChI is InChI=1S/C18H26N2O3/c1-4-23-13-5-12-19-17(22)18(3)11-10-16(21)20(18)15-8-6-14(2)7-9-15/h6-9H,4-5,10-13H2,1-3H3,(H,19,22). The number of rotatable bonds is 7. The lowest BCUT2D eigenvalue weighted by Crippen LogP contribution is -2.55. The molecule has 126 valence electrons. The van der Waals surface area contributed by atoms with Gasteiger partial charge in [-0.3, -0.25) is 14.5 Å². The van der Waals surface area contributed by atoms with Gasteiger partial charge in [0.05, 0.1) is 0 Å². The van der Waals surface area contributed by atoms with E-state index in [2.05, 4.69) is 5.32 Å². The van der Waals surface area contributed by atoms with Crippen molar-refractivity contribution in [2.45, 2.75) is 45.6 Å². The smallest absolute Gasteiger partial charge is 0.246 e. The zero-order valence-corrected chi connectivity index (χ0v) is 14.2. The first kappa shape index (κ1) is 17.5. The Balaban J connectivity index is 2.06. The van der Waals surface area contributed by atoms with Crippen LogP contribution in [0.4, 0.5) is 5.69 Å². The summed E-state index contributed by atoms with van der Waals surface area (Å²) in [5, 5.41) is 2.94. The molecular formula is C18H26N2O3. The van der Waals surface area contributed by atoms with Gasteiger partial charge >= 0.3 is 0 Å². The van der Waals surface area contributed by atoms with Gasteiger partial charge in [0, 0.05) is 31.9 Å². The molecule has 1 saturated heterocycles. The molecule has 1 fully saturated rings. The van der Waals surface area contributed by atoms with Crippen LogP contribution in [0.15, 0.2) is 24.3 Å². The van der Waals surface area contributed by atoms with Gasteiger partial charge in [0.15, 0.2) is 0 Å². The highest BCUT2D eigenvalue weighted by molar-refractivity contribution is 6.06. The van der Waals surface area contributed by atoms with E-state index in [4.69, 9.17) is 4.74 Å². The van der Waals surface area contributed by atoms with Crippen molar-refractivity contribution in [1.82, 2.24) is 5.32 Å². The summed E-state index contributed by atoms with van der Waals surface area (Å²) in [4.78, 5) is 26.6. The van der Waals surface area contributed by atoms with Crippen LogP contribution in [0.1, 0.15) is 38.7 Å². The Labute approximate surface area is 138 Å². The molecule has 1 aliphatic heterocycles. The number of aryl methyl sites for hydroxylation is 1. The highest BCUT2D eigenvalue weighted by Gasteiger charge is 2.47. The van der Waals surface area contributed by atoms with E-state index in [0.29, 0.717) is 32.6 Å². The zero-order chi connectivity index (χ0) is 16.9. The summed E-state index contributed by atoms with van der Waals surface area (Å²) in [6, 6.07) is 7.72. The highest BCUT2D eigenvalue weighted by Crippen LogP contribution is 2.35. The third kappa shape index (κ3) is 3.91. The van der Waals surface area contributed by atoms with Crippen LogP contribution in [0.5, 0.6) is 0 Å². The van der Waals surface area contributed by atoms with E-state index in [9.17, 15) is 9.59 Å². The maximum Gasteiger partial charge on any atom is 0.246 e. The molecule has 0 aliphatic carbocycles. The van der Waals surface area contributed by atoms with Crippen molar-refractivity contribution >= 4 is 17.5 Å².